The van der Waals surface area contributed by atoms with Gasteiger partial charge in [0.05, 0.1) is 11.0 Å². The molecule has 0 aliphatic carbocycles. The number of carbonyl (C=O) groups excluding carboxylic acids is 1. The van der Waals surface area contributed by atoms with Crippen LogP contribution in [0.2, 0.25) is 0 Å². The summed E-state index contributed by atoms with van der Waals surface area (Å²) < 4.78 is 3.24. The fourth-order valence-corrected chi connectivity index (χ4v) is 3.05. The summed E-state index contributed by atoms with van der Waals surface area (Å²) in [5.74, 6) is 0.239. The normalized spacial score (nSPS) is 19.0. The van der Waals surface area contributed by atoms with Crippen LogP contribution in [0.15, 0.2) is 35.3 Å². The molecule has 3 rings (SSSR count). The molecule has 1 saturated heterocycles. The topological polar surface area (TPSA) is 56.0 Å². The Morgan fingerprint density at radius 2 is 2.00 bits per heavy atom. The first-order valence-corrected chi connectivity index (χ1v) is 7.59. The number of fused-ring (bicyclic) bond motifs is 1. The highest BCUT2D eigenvalue weighted by Crippen LogP contribution is 2.26. The van der Waals surface area contributed by atoms with Crippen molar-refractivity contribution in [3.05, 3.63) is 46.5 Å². The number of aromatic nitrogens is 2. The summed E-state index contributed by atoms with van der Waals surface area (Å²) >= 11 is 0. The monoisotopic (exact) mass is 299 g/mol. The molecule has 1 N–H and O–H groups in total. The lowest BCUT2D eigenvalue weighted by Gasteiger charge is -2.24. The van der Waals surface area contributed by atoms with Crippen molar-refractivity contribution in [1.82, 2.24) is 14.5 Å². The lowest BCUT2D eigenvalue weighted by Crippen LogP contribution is -2.40. The number of allylic oxidation sites excluding steroid dienone is 1. The van der Waals surface area contributed by atoms with Gasteiger partial charge in [-0.05, 0) is 36.5 Å². The molecule has 2 aromatic rings. The number of imidazole rings is 1. The van der Waals surface area contributed by atoms with E-state index in [1.54, 1.807) is 16.2 Å². The van der Waals surface area contributed by atoms with E-state index in [-0.39, 0.29) is 11.6 Å². The fraction of sp³-hybridized carbons (Fsp3) is 0.412. The molecule has 2 heterocycles. The average Bonchev–Trinajstić information content (AvgIpc) is 2.71. The maximum atomic E-state index is 12.6. The highest BCUT2D eigenvalue weighted by atomic mass is 16.2. The number of rotatable bonds is 2. The zero-order valence-electron chi connectivity index (χ0n) is 13.2. The van der Waals surface area contributed by atoms with Gasteiger partial charge in [-0.2, -0.15) is 0 Å². The van der Waals surface area contributed by atoms with Crippen LogP contribution in [0.25, 0.3) is 11.0 Å². The Bertz CT molecular complexity index is 826. The van der Waals surface area contributed by atoms with Gasteiger partial charge in [0.2, 0.25) is 5.91 Å². The molecule has 116 valence electrons. The van der Waals surface area contributed by atoms with Crippen LogP contribution >= 0.6 is 0 Å². The van der Waals surface area contributed by atoms with Gasteiger partial charge in [0, 0.05) is 12.7 Å². The van der Waals surface area contributed by atoms with Gasteiger partial charge in [0.25, 0.3) is 0 Å². The zero-order valence-corrected chi connectivity index (χ0v) is 13.2. The summed E-state index contributed by atoms with van der Waals surface area (Å²) in [5, 5.41) is 2.76. The number of benzene rings is 1. The minimum atomic E-state index is -0.466. The molecule has 1 aromatic carbocycles. The van der Waals surface area contributed by atoms with Crippen molar-refractivity contribution in [2.75, 3.05) is 0 Å². The van der Waals surface area contributed by atoms with Crippen molar-refractivity contribution in [1.29, 1.82) is 0 Å². The second kappa shape index (κ2) is 5.16. The van der Waals surface area contributed by atoms with Crippen LogP contribution in [0.3, 0.4) is 0 Å². The molecule has 1 fully saturated rings. The predicted octanol–water partition coefficient (Wildman–Crippen LogP) is 2.43. The minimum absolute atomic E-state index is 0.149. The van der Waals surface area contributed by atoms with Gasteiger partial charge in [-0.1, -0.05) is 26.5 Å². The molecule has 1 aromatic heterocycles. The average molecular weight is 299 g/mol. The number of nitrogens with one attached hydrogen (secondary N) is 1. The number of piperidine rings is 1. The fourth-order valence-electron chi connectivity index (χ4n) is 3.05. The van der Waals surface area contributed by atoms with Crippen LogP contribution in [0.5, 0.6) is 0 Å². The molecular formula is C17H21N3O2. The molecule has 1 amide bonds. The Labute approximate surface area is 129 Å². The number of amides is 1. The summed E-state index contributed by atoms with van der Waals surface area (Å²) in [5.41, 5.74) is 3.43. The van der Waals surface area contributed by atoms with Crippen LogP contribution in [0.4, 0.5) is 0 Å². The molecule has 0 radical (unpaired) electrons. The minimum Gasteiger partial charge on any atom is -0.329 e. The first-order valence-electron chi connectivity index (χ1n) is 7.59. The van der Waals surface area contributed by atoms with Crippen LogP contribution < -0.4 is 11.0 Å². The first-order chi connectivity index (χ1) is 10.4. The lowest BCUT2D eigenvalue weighted by molar-refractivity contribution is -0.124. The molecule has 5 heteroatoms. The maximum Gasteiger partial charge on any atom is 0.329 e. The maximum absolute atomic E-state index is 12.6. The van der Waals surface area contributed by atoms with E-state index in [9.17, 15) is 9.59 Å². The quantitative estimate of drug-likeness (QED) is 0.926. The second-order valence-corrected chi connectivity index (χ2v) is 6.26. The Morgan fingerprint density at radius 3 is 2.64 bits per heavy atom. The van der Waals surface area contributed by atoms with Gasteiger partial charge >= 0.3 is 5.69 Å². The van der Waals surface area contributed by atoms with Crippen molar-refractivity contribution in [3.8, 4) is 0 Å². The van der Waals surface area contributed by atoms with Crippen molar-refractivity contribution >= 4 is 16.9 Å². The number of nitrogens with zero attached hydrogens (tertiary/aromatic N) is 2. The highest BCUT2D eigenvalue weighted by molar-refractivity contribution is 5.86. The van der Waals surface area contributed by atoms with E-state index >= 15 is 0 Å². The van der Waals surface area contributed by atoms with E-state index in [0.29, 0.717) is 18.8 Å². The SMILES string of the molecule is C=C1CCC(n2c(=O)n(C)c3cc(C(C)C)ccc32)C(=O)N1. The summed E-state index contributed by atoms with van der Waals surface area (Å²) in [4.78, 5) is 24.9. The smallest absolute Gasteiger partial charge is 0.329 e. The molecule has 0 bridgehead atoms. The Balaban J connectivity index is 2.18. The molecule has 1 aliphatic rings. The van der Waals surface area contributed by atoms with Crippen molar-refractivity contribution in [2.24, 2.45) is 7.05 Å². The number of hydrogen-bond donors (Lipinski definition) is 1. The van der Waals surface area contributed by atoms with Crippen molar-refractivity contribution in [3.63, 3.8) is 0 Å². The largest absolute Gasteiger partial charge is 0.329 e. The standard InChI is InChI=1S/C17H21N3O2/c1-10(2)12-6-8-13-15(9-12)19(4)17(22)20(13)14-7-5-11(3)18-16(14)21/h6,8-10,14H,3,5,7H2,1-2,4H3,(H,18,21). The predicted molar refractivity (Wildman–Crippen MR) is 86.8 cm³/mol. The third kappa shape index (κ3) is 2.17. The van der Waals surface area contributed by atoms with Crippen molar-refractivity contribution < 1.29 is 4.79 Å². The van der Waals surface area contributed by atoms with E-state index in [1.807, 2.05) is 18.2 Å². The van der Waals surface area contributed by atoms with E-state index in [2.05, 4.69) is 25.7 Å². The molecule has 0 spiro atoms. The third-order valence-corrected chi connectivity index (χ3v) is 4.41. The van der Waals surface area contributed by atoms with Gasteiger partial charge in [-0.3, -0.25) is 13.9 Å². The number of carbonyl (C=O) groups is 1. The van der Waals surface area contributed by atoms with Gasteiger partial charge in [-0.25, -0.2) is 4.79 Å². The second-order valence-electron chi connectivity index (χ2n) is 6.26. The number of hydrogen-bond acceptors (Lipinski definition) is 2. The third-order valence-electron chi connectivity index (χ3n) is 4.41. The summed E-state index contributed by atoms with van der Waals surface area (Å²) in [6, 6.07) is 5.55. The Morgan fingerprint density at radius 1 is 1.27 bits per heavy atom. The van der Waals surface area contributed by atoms with Crippen LogP contribution in [-0.4, -0.2) is 15.0 Å². The van der Waals surface area contributed by atoms with E-state index < -0.39 is 6.04 Å². The van der Waals surface area contributed by atoms with E-state index in [4.69, 9.17) is 0 Å². The molecular weight excluding hydrogens is 278 g/mol. The molecule has 0 saturated carbocycles. The summed E-state index contributed by atoms with van der Waals surface area (Å²) in [6.07, 6.45) is 1.30. The first kappa shape index (κ1) is 14.6. The van der Waals surface area contributed by atoms with Crippen LogP contribution in [0.1, 0.15) is 44.2 Å². The van der Waals surface area contributed by atoms with Crippen LogP contribution in [0, 0.1) is 0 Å². The molecule has 22 heavy (non-hydrogen) atoms. The summed E-state index contributed by atoms with van der Waals surface area (Å²) in [7, 11) is 1.75. The molecule has 5 nitrogen and oxygen atoms in total. The van der Waals surface area contributed by atoms with Gasteiger partial charge in [0.15, 0.2) is 0 Å². The Kier molecular flexibility index (Phi) is 3.43. The van der Waals surface area contributed by atoms with E-state index in [1.165, 1.54) is 5.56 Å². The molecule has 1 unspecified atom stereocenters. The lowest BCUT2D eigenvalue weighted by atomic mass is 10.0. The van der Waals surface area contributed by atoms with Crippen molar-refractivity contribution in [2.45, 2.75) is 38.6 Å². The van der Waals surface area contributed by atoms with Gasteiger partial charge < -0.3 is 5.32 Å². The van der Waals surface area contributed by atoms with E-state index in [0.717, 1.165) is 16.7 Å². The molecule has 1 aliphatic heterocycles. The van der Waals surface area contributed by atoms with Crippen LogP contribution in [-0.2, 0) is 11.8 Å². The molecule has 1 atom stereocenters. The van der Waals surface area contributed by atoms with Gasteiger partial charge in [0.1, 0.15) is 6.04 Å². The van der Waals surface area contributed by atoms with Gasteiger partial charge in [-0.15, -0.1) is 0 Å². The highest BCUT2D eigenvalue weighted by Gasteiger charge is 2.29. The number of aryl methyl sites for hydroxylation is 1. The zero-order chi connectivity index (χ0) is 16.0. The Hall–Kier alpha value is -2.30. The summed E-state index contributed by atoms with van der Waals surface area (Å²) in [6.45, 7) is 8.03.